The second-order valence-corrected chi connectivity index (χ2v) is 7.45. The van der Waals surface area contributed by atoms with Crippen molar-refractivity contribution in [1.29, 1.82) is 0 Å². The summed E-state index contributed by atoms with van der Waals surface area (Å²) in [5, 5.41) is 0. The number of rotatable bonds is 7. The number of amides is 1. The molecular weight excluding hydrogens is 350 g/mol. The third kappa shape index (κ3) is 5.10. The van der Waals surface area contributed by atoms with Gasteiger partial charge < -0.3 is 14.5 Å². The molecule has 3 rings (SSSR count). The summed E-state index contributed by atoms with van der Waals surface area (Å²) in [6.45, 7) is 11.3. The zero-order valence-electron chi connectivity index (χ0n) is 17.1. The van der Waals surface area contributed by atoms with Crippen molar-refractivity contribution in [3.05, 3.63) is 53.7 Å². The van der Waals surface area contributed by atoms with Crippen LogP contribution in [0.25, 0.3) is 5.70 Å². The Morgan fingerprint density at radius 2 is 1.89 bits per heavy atom. The van der Waals surface area contributed by atoms with Crippen LogP contribution in [-0.2, 0) is 9.53 Å². The van der Waals surface area contributed by atoms with Crippen LogP contribution in [0.1, 0.15) is 43.7 Å². The van der Waals surface area contributed by atoms with E-state index in [1.54, 1.807) is 0 Å². The van der Waals surface area contributed by atoms with Crippen molar-refractivity contribution in [2.75, 3.05) is 32.8 Å². The summed E-state index contributed by atoms with van der Waals surface area (Å²) in [6, 6.07) is 8.38. The Morgan fingerprint density at radius 1 is 1.18 bits per heavy atom. The zero-order valence-corrected chi connectivity index (χ0v) is 17.1. The van der Waals surface area contributed by atoms with Crippen molar-refractivity contribution in [2.45, 2.75) is 39.5 Å². The van der Waals surface area contributed by atoms with Gasteiger partial charge in [-0.05, 0) is 19.4 Å². The van der Waals surface area contributed by atoms with Crippen LogP contribution in [0.15, 0.2) is 47.6 Å². The molecule has 1 amide bonds. The first-order valence-electron chi connectivity index (χ1n) is 10.3. The molecule has 0 atom stereocenters. The lowest BCUT2D eigenvalue weighted by Gasteiger charge is -2.33. The minimum atomic E-state index is 0.111. The fraction of sp³-hybridized carbons (Fsp3) is 0.478. The molecule has 1 saturated heterocycles. The molecule has 0 radical (unpaired) electrons. The molecule has 2 heterocycles. The minimum Gasteiger partial charge on any atom is -0.378 e. The van der Waals surface area contributed by atoms with Gasteiger partial charge in [0.15, 0.2) is 0 Å². The number of ether oxygens (including phenoxy) is 1. The van der Waals surface area contributed by atoms with E-state index in [9.17, 15) is 4.79 Å². The van der Waals surface area contributed by atoms with Gasteiger partial charge in [0.1, 0.15) is 12.4 Å². The predicted octanol–water partition coefficient (Wildman–Crippen LogP) is 4.00. The Kier molecular flexibility index (Phi) is 7.04. The smallest absolute Gasteiger partial charge is 0.242 e. The largest absolute Gasteiger partial charge is 0.378 e. The van der Waals surface area contributed by atoms with Crippen molar-refractivity contribution >= 4 is 17.4 Å². The summed E-state index contributed by atoms with van der Waals surface area (Å²) in [5.74, 6) is 1.05. The third-order valence-corrected chi connectivity index (χ3v) is 5.22. The molecule has 5 heteroatoms. The highest BCUT2D eigenvalue weighted by molar-refractivity contribution is 5.95. The zero-order chi connectivity index (χ0) is 19.9. The summed E-state index contributed by atoms with van der Waals surface area (Å²) in [4.78, 5) is 21.6. The number of allylic oxidation sites excluding steroid dienone is 1. The Hall–Kier alpha value is -2.40. The first kappa shape index (κ1) is 20.3. The Bertz CT molecular complexity index is 759. The van der Waals surface area contributed by atoms with Crippen molar-refractivity contribution in [3.8, 4) is 0 Å². The van der Waals surface area contributed by atoms with Gasteiger partial charge in [0.25, 0.3) is 0 Å². The van der Waals surface area contributed by atoms with E-state index in [4.69, 9.17) is 9.73 Å². The molecule has 150 valence electrons. The lowest BCUT2D eigenvalue weighted by Crippen LogP contribution is -2.47. The maximum Gasteiger partial charge on any atom is 0.242 e. The van der Waals surface area contributed by atoms with E-state index < -0.39 is 0 Å². The van der Waals surface area contributed by atoms with E-state index in [0.717, 1.165) is 48.5 Å². The van der Waals surface area contributed by atoms with E-state index in [-0.39, 0.29) is 5.91 Å². The van der Waals surface area contributed by atoms with Crippen LogP contribution in [-0.4, -0.2) is 54.4 Å². The fourth-order valence-electron chi connectivity index (χ4n) is 3.47. The second kappa shape index (κ2) is 9.69. The first-order chi connectivity index (χ1) is 13.6. The molecule has 2 aliphatic heterocycles. The molecule has 0 spiro atoms. The quantitative estimate of drug-likeness (QED) is 0.671. The fourth-order valence-corrected chi connectivity index (χ4v) is 3.47. The summed E-state index contributed by atoms with van der Waals surface area (Å²) < 4.78 is 5.36. The number of carbonyl (C=O) groups excluding carboxylic acids is 1. The van der Waals surface area contributed by atoms with Crippen molar-refractivity contribution < 1.29 is 9.53 Å². The van der Waals surface area contributed by atoms with Crippen LogP contribution in [0, 0.1) is 6.92 Å². The summed E-state index contributed by atoms with van der Waals surface area (Å²) in [6.07, 6.45) is 6.21. The molecule has 1 fully saturated rings. The van der Waals surface area contributed by atoms with Gasteiger partial charge in [0.2, 0.25) is 5.91 Å². The molecule has 28 heavy (non-hydrogen) atoms. The minimum absolute atomic E-state index is 0.111. The topological polar surface area (TPSA) is 45.1 Å². The van der Waals surface area contributed by atoms with Crippen molar-refractivity contribution in [1.82, 2.24) is 9.80 Å². The van der Waals surface area contributed by atoms with Crippen LogP contribution in [0.4, 0.5) is 0 Å². The third-order valence-electron chi connectivity index (χ3n) is 5.22. The van der Waals surface area contributed by atoms with Crippen LogP contribution >= 0.6 is 0 Å². The predicted molar refractivity (Wildman–Crippen MR) is 114 cm³/mol. The molecule has 1 aromatic rings. The van der Waals surface area contributed by atoms with E-state index in [1.807, 2.05) is 15.9 Å². The number of morpholine rings is 1. The number of benzene rings is 1. The van der Waals surface area contributed by atoms with Gasteiger partial charge in [-0.3, -0.25) is 4.79 Å². The molecule has 0 saturated carbocycles. The van der Waals surface area contributed by atoms with E-state index in [1.165, 1.54) is 5.56 Å². The average Bonchev–Trinajstić information content (AvgIpc) is 2.71. The second-order valence-electron chi connectivity index (χ2n) is 7.45. The normalized spacial score (nSPS) is 17.4. The molecule has 0 aromatic heterocycles. The van der Waals surface area contributed by atoms with Gasteiger partial charge in [0, 0.05) is 30.8 Å². The number of aliphatic imine (C=N–C) groups is 1. The molecule has 0 bridgehead atoms. The van der Waals surface area contributed by atoms with E-state index in [0.29, 0.717) is 32.8 Å². The van der Waals surface area contributed by atoms with Crippen LogP contribution in [0.5, 0.6) is 0 Å². The van der Waals surface area contributed by atoms with Gasteiger partial charge in [-0.15, -0.1) is 0 Å². The Balaban J connectivity index is 1.78. The van der Waals surface area contributed by atoms with Gasteiger partial charge in [-0.2, -0.15) is 0 Å². The molecular formula is C23H31N3O2. The van der Waals surface area contributed by atoms with E-state index >= 15 is 0 Å². The van der Waals surface area contributed by atoms with Crippen molar-refractivity contribution in [3.63, 3.8) is 0 Å². The van der Waals surface area contributed by atoms with Gasteiger partial charge in [-0.1, -0.05) is 56.2 Å². The molecule has 0 aliphatic carbocycles. The highest BCUT2D eigenvalue weighted by atomic mass is 16.5. The van der Waals surface area contributed by atoms with Crippen LogP contribution < -0.4 is 0 Å². The Labute approximate surface area is 168 Å². The maximum atomic E-state index is 12.8. The standard InChI is InChI=1S/C23H31N3O2/c1-4-5-6-7-22-24-21(20-10-8-18(2)9-11-20)16-19(3)26(22)17-23(27)25-12-14-28-15-13-25/h8-11,16H,3-7,12-15,17H2,1-2H3. The summed E-state index contributed by atoms with van der Waals surface area (Å²) >= 11 is 0. The van der Waals surface area contributed by atoms with Crippen molar-refractivity contribution in [2.24, 2.45) is 4.99 Å². The SMILES string of the molecule is C=C1C=C(c2ccc(C)cc2)N=C(CCCCC)N1CC(=O)N1CCOCC1. The number of unbranched alkanes of at least 4 members (excludes halogenated alkanes) is 2. The lowest BCUT2D eigenvalue weighted by molar-refractivity contribution is -0.135. The average molecular weight is 382 g/mol. The summed E-state index contributed by atoms with van der Waals surface area (Å²) in [7, 11) is 0. The van der Waals surface area contributed by atoms with Gasteiger partial charge >= 0.3 is 0 Å². The lowest BCUT2D eigenvalue weighted by atomic mass is 10.1. The molecule has 5 nitrogen and oxygen atoms in total. The van der Waals surface area contributed by atoms with Crippen LogP contribution in [0.2, 0.25) is 0 Å². The molecule has 0 N–H and O–H groups in total. The number of amidine groups is 1. The number of aryl methyl sites for hydroxylation is 1. The summed E-state index contributed by atoms with van der Waals surface area (Å²) in [5.41, 5.74) is 4.06. The monoisotopic (exact) mass is 381 g/mol. The highest BCUT2D eigenvalue weighted by Crippen LogP contribution is 2.26. The molecule has 2 aliphatic rings. The first-order valence-corrected chi connectivity index (χ1v) is 10.3. The van der Waals surface area contributed by atoms with Crippen LogP contribution in [0.3, 0.4) is 0 Å². The van der Waals surface area contributed by atoms with E-state index in [2.05, 4.69) is 44.7 Å². The molecule has 0 unspecified atom stereocenters. The highest BCUT2D eigenvalue weighted by Gasteiger charge is 2.25. The van der Waals surface area contributed by atoms with Gasteiger partial charge in [0.05, 0.1) is 18.9 Å². The number of carbonyl (C=O) groups is 1. The number of hydrogen-bond acceptors (Lipinski definition) is 4. The van der Waals surface area contributed by atoms with Gasteiger partial charge in [-0.25, -0.2) is 4.99 Å². The number of nitrogens with zero attached hydrogens (tertiary/aromatic N) is 3. The number of hydrogen-bond donors (Lipinski definition) is 0. The molecule has 1 aromatic carbocycles. The Morgan fingerprint density at radius 3 is 2.57 bits per heavy atom. The maximum absolute atomic E-state index is 12.8.